The molecule has 1 atom stereocenters. The average molecular weight is 641 g/mol. The lowest BCUT2D eigenvalue weighted by molar-refractivity contribution is -0.126. The van der Waals surface area contributed by atoms with E-state index in [1.54, 1.807) is 0 Å². The molecule has 1 unspecified atom stereocenters. The summed E-state index contributed by atoms with van der Waals surface area (Å²) in [5, 5.41) is 3.43. The molecule has 42 heavy (non-hydrogen) atoms. The fourth-order valence-corrected chi connectivity index (χ4v) is 7.90. The highest BCUT2D eigenvalue weighted by Gasteiger charge is 2.32. The first kappa shape index (κ1) is 33.2. The third-order valence-corrected chi connectivity index (χ3v) is 11.1. The highest BCUT2D eigenvalue weighted by atomic mass is 35.5. The quantitative estimate of drug-likeness (QED) is 0.296. The number of halogens is 2. The van der Waals surface area contributed by atoms with Crippen molar-refractivity contribution in [3.63, 3.8) is 0 Å². The highest BCUT2D eigenvalue weighted by molar-refractivity contribution is 7.89. The van der Waals surface area contributed by atoms with E-state index in [0.29, 0.717) is 29.4 Å². The molecule has 1 aliphatic heterocycles. The van der Waals surface area contributed by atoms with E-state index >= 15 is 0 Å². The molecule has 2 fully saturated rings. The van der Waals surface area contributed by atoms with Gasteiger partial charge in [-0.15, -0.1) is 0 Å². The molecule has 1 aliphatic carbocycles. The SMILES string of the molecule is CN(CCOCC(=O)NCC1CCC(C(CCc2ccccc2)N2CCOCC2)CC1)S(=O)(=O)c1ccc(Cl)cc1Cl. The average Bonchev–Trinajstić information content (AvgIpc) is 2.99. The Balaban J connectivity index is 1.15. The van der Waals surface area contributed by atoms with Crippen LogP contribution in [0.25, 0.3) is 0 Å². The molecule has 232 valence electrons. The number of hydrogen-bond donors (Lipinski definition) is 1. The molecule has 0 aromatic heterocycles. The number of rotatable bonds is 14. The van der Waals surface area contributed by atoms with E-state index in [-0.39, 0.29) is 35.6 Å². The third-order valence-electron chi connectivity index (χ3n) is 8.48. The number of morpholine rings is 1. The second-order valence-electron chi connectivity index (χ2n) is 11.3. The normalized spacial score (nSPS) is 20.9. The predicted molar refractivity (Wildman–Crippen MR) is 166 cm³/mol. The summed E-state index contributed by atoms with van der Waals surface area (Å²) in [5.41, 5.74) is 1.40. The maximum Gasteiger partial charge on any atom is 0.246 e. The van der Waals surface area contributed by atoms with Gasteiger partial charge in [0.25, 0.3) is 0 Å². The molecule has 0 radical (unpaired) electrons. The van der Waals surface area contributed by atoms with Crippen molar-refractivity contribution in [3.8, 4) is 0 Å². The van der Waals surface area contributed by atoms with E-state index in [4.69, 9.17) is 32.7 Å². The van der Waals surface area contributed by atoms with Gasteiger partial charge in [0.2, 0.25) is 15.9 Å². The van der Waals surface area contributed by atoms with Crippen LogP contribution in [0.1, 0.15) is 37.7 Å². The Morgan fingerprint density at radius 2 is 1.81 bits per heavy atom. The molecule has 1 N–H and O–H groups in total. The molecule has 1 heterocycles. The Morgan fingerprint density at radius 3 is 2.50 bits per heavy atom. The molecule has 11 heteroatoms. The van der Waals surface area contributed by atoms with Gasteiger partial charge in [-0.3, -0.25) is 9.69 Å². The van der Waals surface area contributed by atoms with E-state index in [0.717, 1.165) is 56.3 Å². The summed E-state index contributed by atoms with van der Waals surface area (Å²) in [6.07, 6.45) is 6.81. The van der Waals surface area contributed by atoms with Gasteiger partial charge in [-0.2, -0.15) is 4.31 Å². The minimum atomic E-state index is -3.80. The second-order valence-corrected chi connectivity index (χ2v) is 14.1. The maximum absolute atomic E-state index is 12.8. The van der Waals surface area contributed by atoms with Crippen LogP contribution < -0.4 is 5.32 Å². The number of nitrogens with one attached hydrogen (secondary N) is 1. The molecule has 2 aromatic rings. The number of nitrogens with zero attached hydrogens (tertiary/aromatic N) is 2. The summed E-state index contributed by atoms with van der Waals surface area (Å²) in [6, 6.07) is 15.6. The molecular formula is C31H43Cl2N3O5S. The molecule has 4 rings (SSSR count). The molecule has 0 bridgehead atoms. The van der Waals surface area contributed by atoms with Crippen molar-refractivity contribution in [1.82, 2.24) is 14.5 Å². The van der Waals surface area contributed by atoms with E-state index in [2.05, 4.69) is 40.5 Å². The first-order chi connectivity index (χ1) is 20.2. The van der Waals surface area contributed by atoms with Crippen molar-refractivity contribution in [2.45, 2.75) is 49.5 Å². The summed E-state index contributed by atoms with van der Waals surface area (Å²) in [4.78, 5) is 15.0. The summed E-state index contributed by atoms with van der Waals surface area (Å²) < 4.78 is 37.8. The Bertz CT molecular complexity index is 1240. The van der Waals surface area contributed by atoms with Crippen LogP contribution in [0.4, 0.5) is 0 Å². The second kappa shape index (κ2) is 16.4. The minimum absolute atomic E-state index is 0.0176. The summed E-state index contributed by atoms with van der Waals surface area (Å²) in [6.45, 7) is 4.35. The summed E-state index contributed by atoms with van der Waals surface area (Å²) in [7, 11) is -2.35. The van der Waals surface area contributed by atoms with Gasteiger partial charge in [-0.25, -0.2) is 8.42 Å². The van der Waals surface area contributed by atoms with Crippen LogP contribution in [0.2, 0.25) is 10.0 Å². The van der Waals surface area contributed by atoms with E-state index in [1.165, 1.54) is 43.7 Å². The van der Waals surface area contributed by atoms with Crippen LogP contribution in [0, 0.1) is 11.8 Å². The Morgan fingerprint density at radius 1 is 1.10 bits per heavy atom. The standard InChI is InChI=1S/C31H43Cl2N3O5S/c1-35(42(38,39)30-14-12-27(32)21-28(30)33)15-18-41-23-31(37)34-22-25-7-10-26(11-8-25)29(36-16-19-40-20-17-36)13-9-24-5-3-2-4-6-24/h2-6,12,14,21,25-26,29H,7-11,13,15-20,22-23H2,1H3,(H,34,37). The van der Waals surface area contributed by atoms with Crippen molar-refractivity contribution >= 4 is 39.1 Å². The molecule has 2 aromatic carbocycles. The fraction of sp³-hybridized carbons (Fsp3) is 0.581. The van der Waals surface area contributed by atoms with Crippen LogP contribution >= 0.6 is 23.2 Å². The molecule has 0 spiro atoms. The van der Waals surface area contributed by atoms with E-state index in [9.17, 15) is 13.2 Å². The lowest BCUT2D eigenvalue weighted by atomic mass is 9.76. The number of benzene rings is 2. The number of amides is 1. The van der Waals surface area contributed by atoms with Crippen LogP contribution in [0.15, 0.2) is 53.4 Å². The van der Waals surface area contributed by atoms with Gasteiger partial charge in [0.05, 0.1) is 24.8 Å². The highest BCUT2D eigenvalue weighted by Crippen LogP contribution is 2.34. The van der Waals surface area contributed by atoms with Crippen molar-refractivity contribution < 1.29 is 22.7 Å². The molecule has 1 saturated heterocycles. The number of hydrogen-bond acceptors (Lipinski definition) is 6. The lowest BCUT2D eigenvalue weighted by Gasteiger charge is -2.42. The number of carbonyl (C=O) groups excluding carboxylic acids is 1. The third kappa shape index (κ3) is 9.64. The zero-order chi connectivity index (χ0) is 30.0. The molecular weight excluding hydrogens is 597 g/mol. The maximum atomic E-state index is 12.8. The largest absolute Gasteiger partial charge is 0.379 e. The van der Waals surface area contributed by atoms with Crippen LogP contribution in [0.3, 0.4) is 0 Å². The summed E-state index contributed by atoms with van der Waals surface area (Å²) in [5.74, 6) is 0.945. The lowest BCUT2D eigenvalue weighted by Crippen LogP contribution is -2.48. The van der Waals surface area contributed by atoms with E-state index in [1.807, 2.05) is 0 Å². The molecule has 8 nitrogen and oxygen atoms in total. The molecule has 1 amide bonds. The number of sulfonamides is 1. The summed E-state index contributed by atoms with van der Waals surface area (Å²) >= 11 is 12.0. The van der Waals surface area contributed by atoms with E-state index < -0.39 is 10.0 Å². The van der Waals surface area contributed by atoms with Crippen molar-refractivity contribution in [2.24, 2.45) is 11.8 Å². The van der Waals surface area contributed by atoms with Crippen molar-refractivity contribution in [1.29, 1.82) is 0 Å². The van der Waals surface area contributed by atoms with Gasteiger partial charge in [0.15, 0.2) is 0 Å². The van der Waals surface area contributed by atoms with Crippen LogP contribution in [-0.2, 0) is 30.7 Å². The Hall–Kier alpha value is -1.72. The van der Waals surface area contributed by atoms with Gasteiger partial charge in [-0.05, 0) is 74.1 Å². The topological polar surface area (TPSA) is 88.2 Å². The number of likely N-dealkylation sites (N-methyl/N-ethyl adjacent to an activating group) is 1. The minimum Gasteiger partial charge on any atom is -0.379 e. The van der Waals surface area contributed by atoms with Crippen molar-refractivity contribution in [3.05, 3.63) is 64.1 Å². The van der Waals surface area contributed by atoms with Crippen molar-refractivity contribution in [2.75, 3.05) is 59.7 Å². The molecule has 1 saturated carbocycles. The number of aryl methyl sites for hydroxylation is 1. The Labute approximate surface area is 260 Å². The monoisotopic (exact) mass is 639 g/mol. The first-order valence-electron chi connectivity index (χ1n) is 14.9. The van der Waals surface area contributed by atoms with Crippen LogP contribution in [0.5, 0.6) is 0 Å². The first-order valence-corrected chi connectivity index (χ1v) is 17.0. The van der Waals surface area contributed by atoms with Gasteiger partial charge >= 0.3 is 0 Å². The smallest absolute Gasteiger partial charge is 0.246 e. The van der Waals surface area contributed by atoms with Gasteiger partial charge < -0.3 is 14.8 Å². The zero-order valence-corrected chi connectivity index (χ0v) is 26.7. The fourth-order valence-electron chi connectivity index (χ4n) is 6.00. The van der Waals surface area contributed by atoms with Crippen LogP contribution in [-0.4, -0.2) is 89.2 Å². The van der Waals surface area contributed by atoms with Gasteiger partial charge in [0.1, 0.15) is 11.5 Å². The predicted octanol–water partition coefficient (Wildman–Crippen LogP) is 4.89. The number of ether oxygens (including phenoxy) is 2. The number of carbonyl (C=O) groups is 1. The molecule has 2 aliphatic rings. The zero-order valence-electron chi connectivity index (χ0n) is 24.4. The Kier molecular flexibility index (Phi) is 12.9. The van der Waals surface area contributed by atoms with Gasteiger partial charge in [-0.1, -0.05) is 53.5 Å². The van der Waals surface area contributed by atoms with Gasteiger partial charge in [0, 0.05) is 44.3 Å².